The molecule has 2 nitrogen and oxygen atoms in total. The summed E-state index contributed by atoms with van der Waals surface area (Å²) in [6, 6.07) is 4.34. The molecule has 0 bridgehead atoms. The molecule has 1 aromatic heterocycles. The lowest BCUT2D eigenvalue weighted by molar-refractivity contribution is 0.219. The lowest BCUT2D eigenvalue weighted by Crippen LogP contribution is -2.38. The molecule has 0 aromatic carbocycles. The normalized spacial score (nSPS) is 24.8. The maximum Gasteiger partial charge on any atom is 0.0420 e. The van der Waals surface area contributed by atoms with Crippen molar-refractivity contribution in [3.8, 4) is 0 Å². The van der Waals surface area contributed by atoms with E-state index in [9.17, 15) is 0 Å². The highest BCUT2D eigenvalue weighted by atomic mass is 79.9. The van der Waals surface area contributed by atoms with Gasteiger partial charge in [-0.3, -0.25) is 4.98 Å². The Hall–Kier alpha value is -0.410. The molecule has 1 aliphatic carbocycles. The van der Waals surface area contributed by atoms with E-state index in [0.717, 1.165) is 16.6 Å². The van der Waals surface area contributed by atoms with Crippen LogP contribution in [0.25, 0.3) is 0 Å². The smallest absolute Gasteiger partial charge is 0.0420 e. The minimum Gasteiger partial charge on any atom is -0.327 e. The van der Waals surface area contributed by atoms with Crippen LogP contribution in [0, 0.1) is 11.3 Å². The van der Waals surface area contributed by atoms with Crippen LogP contribution in [0.4, 0.5) is 0 Å². The molecule has 0 aliphatic heterocycles. The molecule has 1 fully saturated rings. The summed E-state index contributed by atoms with van der Waals surface area (Å²) in [5.74, 6) is 0.632. The van der Waals surface area contributed by atoms with E-state index >= 15 is 0 Å². The number of halogens is 1. The van der Waals surface area contributed by atoms with Gasteiger partial charge in [-0.15, -0.1) is 0 Å². The van der Waals surface area contributed by atoms with Crippen molar-refractivity contribution in [1.29, 1.82) is 0 Å². The van der Waals surface area contributed by atoms with E-state index in [1.54, 1.807) is 0 Å². The van der Waals surface area contributed by atoms with E-state index in [2.05, 4.69) is 40.8 Å². The molecule has 2 atom stereocenters. The Morgan fingerprint density at radius 2 is 2.29 bits per heavy atom. The molecule has 0 amide bonds. The van der Waals surface area contributed by atoms with Crippen molar-refractivity contribution >= 4 is 15.9 Å². The number of pyridine rings is 1. The molecule has 94 valence electrons. The zero-order valence-corrected chi connectivity index (χ0v) is 12.2. The summed E-state index contributed by atoms with van der Waals surface area (Å²) in [4.78, 5) is 4.41. The molecule has 0 saturated heterocycles. The minimum absolute atomic E-state index is 0.237. The Balaban J connectivity index is 2.01. The van der Waals surface area contributed by atoms with Crippen LogP contribution >= 0.6 is 15.9 Å². The first-order chi connectivity index (χ1) is 7.99. The van der Waals surface area contributed by atoms with E-state index in [0.29, 0.717) is 11.3 Å². The summed E-state index contributed by atoms with van der Waals surface area (Å²) in [7, 11) is 0. The minimum atomic E-state index is 0.237. The van der Waals surface area contributed by atoms with Crippen molar-refractivity contribution < 1.29 is 0 Å². The monoisotopic (exact) mass is 296 g/mol. The molecule has 1 saturated carbocycles. The van der Waals surface area contributed by atoms with Crippen molar-refractivity contribution in [1.82, 2.24) is 4.98 Å². The fourth-order valence-electron chi connectivity index (χ4n) is 3.06. The predicted octanol–water partition coefficient (Wildman–Crippen LogP) is 3.54. The summed E-state index contributed by atoms with van der Waals surface area (Å²) in [6.45, 7) is 4.69. The molecule has 0 spiro atoms. The zero-order chi connectivity index (χ0) is 12.5. The van der Waals surface area contributed by atoms with Crippen LogP contribution in [-0.4, -0.2) is 11.0 Å². The van der Waals surface area contributed by atoms with E-state index in [1.807, 2.05) is 12.3 Å². The highest BCUT2D eigenvalue weighted by Gasteiger charge is 2.38. The van der Waals surface area contributed by atoms with Crippen LogP contribution in [-0.2, 0) is 6.42 Å². The van der Waals surface area contributed by atoms with Gasteiger partial charge in [0.2, 0.25) is 0 Å². The summed E-state index contributed by atoms with van der Waals surface area (Å²) in [5, 5.41) is 0. The van der Waals surface area contributed by atoms with Gasteiger partial charge in [-0.2, -0.15) is 0 Å². The quantitative estimate of drug-likeness (QED) is 0.926. The lowest BCUT2D eigenvalue weighted by Gasteiger charge is -2.31. The van der Waals surface area contributed by atoms with Crippen molar-refractivity contribution in [2.24, 2.45) is 17.1 Å². The second-order valence-electron chi connectivity index (χ2n) is 5.82. The fourth-order valence-corrected chi connectivity index (χ4v) is 3.29. The summed E-state index contributed by atoms with van der Waals surface area (Å²) >= 11 is 3.40. The lowest BCUT2D eigenvalue weighted by atomic mass is 9.76. The second-order valence-corrected chi connectivity index (χ2v) is 6.74. The number of hydrogen-bond acceptors (Lipinski definition) is 2. The third-order valence-electron chi connectivity index (χ3n) is 4.09. The summed E-state index contributed by atoms with van der Waals surface area (Å²) < 4.78 is 1.02. The number of nitrogens with two attached hydrogens (primary N) is 1. The molecule has 1 aliphatic rings. The SMILES string of the molecule is CC1(C)CCCC1C(N)Cc1ccc(Br)cn1. The summed E-state index contributed by atoms with van der Waals surface area (Å²) in [6.07, 6.45) is 6.63. The van der Waals surface area contributed by atoms with Gasteiger partial charge in [0, 0.05) is 28.8 Å². The molecule has 2 N–H and O–H groups in total. The first-order valence-electron chi connectivity index (χ1n) is 6.35. The van der Waals surface area contributed by atoms with Crippen molar-refractivity contribution in [3.63, 3.8) is 0 Å². The zero-order valence-electron chi connectivity index (χ0n) is 10.6. The predicted molar refractivity (Wildman–Crippen MR) is 74.7 cm³/mol. The number of hydrogen-bond donors (Lipinski definition) is 1. The van der Waals surface area contributed by atoms with Crippen molar-refractivity contribution in [2.75, 3.05) is 0 Å². The molecule has 2 rings (SSSR count). The number of rotatable bonds is 3. The van der Waals surface area contributed by atoms with Crippen molar-refractivity contribution in [2.45, 2.75) is 45.6 Å². The standard InChI is InChI=1S/C14H21BrN2/c1-14(2)7-3-4-12(14)13(16)8-11-6-5-10(15)9-17-11/h5-6,9,12-13H,3-4,7-8,16H2,1-2H3. The van der Waals surface area contributed by atoms with Crippen LogP contribution in [0.15, 0.2) is 22.8 Å². The summed E-state index contributed by atoms with van der Waals surface area (Å²) in [5.41, 5.74) is 7.87. The van der Waals surface area contributed by atoms with E-state index in [1.165, 1.54) is 19.3 Å². The third-order valence-corrected chi connectivity index (χ3v) is 4.56. The van der Waals surface area contributed by atoms with Gasteiger partial charge in [-0.05, 0) is 52.2 Å². The topological polar surface area (TPSA) is 38.9 Å². The largest absolute Gasteiger partial charge is 0.327 e. The van der Waals surface area contributed by atoms with Crippen LogP contribution in [0.3, 0.4) is 0 Å². The van der Waals surface area contributed by atoms with Gasteiger partial charge in [0.15, 0.2) is 0 Å². The van der Waals surface area contributed by atoms with E-state index in [-0.39, 0.29) is 6.04 Å². The third kappa shape index (κ3) is 3.08. The Labute approximate surface area is 112 Å². The van der Waals surface area contributed by atoms with E-state index < -0.39 is 0 Å². The maximum absolute atomic E-state index is 6.37. The average molecular weight is 297 g/mol. The highest BCUT2D eigenvalue weighted by Crippen LogP contribution is 2.44. The fraction of sp³-hybridized carbons (Fsp3) is 0.643. The van der Waals surface area contributed by atoms with Crippen LogP contribution < -0.4 is 5.73 Å². The van der Waals surface area contributed by atoms with Gasteiger partial charge in [0.05, 0.1) is 0 Å². The van der Waals surface area contributed by atoms with Gasteiger partial charge >= 0.3 is 0 Å². The molecule has 1 aromatic rings. The molecule has 2 unspecified atom stereocenters. The highest BCUT2D eigenvalue weighted by molar-refractivity contribution is 9.10. The van der Waals surface area contributed by atoms with Gasteiger partial charge in [0.25, 0.3) is 0 Å². The molecular weight excluding hydrogens is 276 g/mol. The average Bonchev–Trinajstić information content (AvgIpc) is 2.61. The van der Waals surface area contributed by atoms with Gasteiger partial charge in [-0.1, -0.05) is 20.3 Å². The first-order valence-corrected chi connectivity index (χ1v) is 7.14. The molecule has 0 radical (unpaired) electrons. The molecule has 1 heterocycles. The first kappa shape index (κ1) is 13.0. The molecule has 3 heteroatoms. The van der Waals surface area contributed by atoms with Crippen molar-refractivity contribution in [3.05, 3.63) is 28.5 Å². The van der Waals surface area contributed by atoms with Crippen LogP contribution in [0.5, 0.6) is 0 Å². The number of nitrogens with zero attached hydrogens (tertiary/aromatic N) is 1. The van der Waals surface area contributed by atoms with Crippen LogP contribution in [0.1, 0.15) is 38.8 Å². The van der Waals surface area contributed by atoms with Gasteiger partial charge < -0.3 is 5.73 Å². The molecule has 17 heavy (non-hydrogen) atoms. The Morgan fingerprint density at radius 3 is 2.82 bits per heavy atom. The Morgan fingerprint density at radius 1 is 1.53 bits per heavy atom. The van der Waals surface area contributed by atoms with E-state index in [4.69, 9.17) is 5.73 Å². The Kier molecular flexibility index (Phi) is 3.88. The van der Waals surface area contributed by atoms with Crippen LogP contribution in [0.2, 0.25) is 0 Å². The van der Waals surface area contributed by atoms with Gasteiger partial charge in [-0.25, -0.2) is 0 Å². The second kappa shape index (κ2) is 5.07. The maximum atomic E-state index is 6.37. The molecular formula is C14H21BrN2. The Bertz CT molecular complexity index is 372. The number of aromatic nitrogens is 1. The van der Waals surface area contributed by atoms with Gasteiger partial charge in [0.1, 0.15) is 0 Å².